The van der Waals surface area contributed by atoms with E-state index in [2.05, 4.69) is 19.2 Å². The highest BCUT2D eigenvalue weighted by Crippen LogP contribution is 2.23. The molecule has 1 atom stereocenters. The summed E-state index contributed by atoms with van der Waals surface area (Å²) in [5.74, 6) is 1.81. The van der Waals surface area contributed by atoms with E-state index in [-0.39, 0.29) is 12.4 Å². The molecule has 0 aliphatic carbocycles. The Balaban J connectivity index is 0.00000225. The summed E-state index contributed by atoms with van der Waals surface area (Å²) in [6, 6.07) is 0. The number of halogens is 1. The monoisotopic (exact) mass is 248 g/mol. The van der Waals surface area contributed by atoms with Gasteiger partial charge >= 0.3 is 0 Å². The normalized spacial score (nSPS) is 20.0. The van der Waals surface area contributed by atoms with Crippen LogP contribution in [0.3, 0.4) is 0 Å². The second kappa shape index (κ2) is 7.91. The van der Waals surface area contributed by atoms with E-state index in [0.717, 1.165) is 31.5 Å². The molecule has 0 aromatic rings. The van der Waals surface area contributed by atoms with Crippen LogP contribution in [0.25, 0.3) is 0 Å². The van der Waals surface area contributed by atoms with Gasteiger partial charge in [0.1, 0.15) is 0 Å². The van der Waals surface area contributed by atoms with Gasteiger partial charge in [-0.3, -0.25) is 4.79 Å². The third-order valence-electron chi connectivity index (χ3n) is 3.03. The van der Waals surface area contributed by atoms with Crippen LogP contribution < -0.4 is 5.32 Å². The van der Waals surface area contributed by atoms with Gasteiger partial charge in [0.05, 0.1) is 0 Å². The Bertz CT molecular complexity index is 209. The van der Waals surface area contributed by atoms with Crippen molar-refractivity contribution in [2.45, 2.75) is 33.1 Å². The van der Waals surface area contributed by atoms with E-state index >= 15 is 0 Å². The molecule has 1 heterocycles. The maximum atomic E-state index is 11.7. The smallest absolute Gasteiger partial charge is 0.223 e. The first-order chi connectivity index (χ1) is 7.13. The molecule has 0 spiro atoms. The first-order valence-corrected chi connectivity index (χ1v) is 6.05. The molecule has 4 heteroatoms. The van der Waals surface area contributed by atoms with Crippen molar-refractivity contribution in [3.63, 3.8) is 0 Å². The number of nitrogens with one attached hydrogen (secondary N) is 1. The minimum atomic E-state index is 0. The number of carbonyl (C=O) groups is 1. The molecule has 1 N–H and O–H groups in total. The molecule has 1 unspecified atom stereocenters. The molecule has 96 valence electrons. The zero-order valence-electron chi connectivity index (χ0n) is 10.7. The largest absolute Gasteiger partial charge is 0.342 e. The fraction of sp³-hybridized carbons (Fsp3) is 0.917. The lowest BCUT2D eigenvalue weighted by Crippen LogP contribution is -2.30. The second-order valence-corrected chi connectivity index (χ2v) is 4.98. The molecule has 3 nitrogen and oxygen atoms in total. The van der Waals surface area contributed by atoms with E-state index in [1.165, 1.54) is 12.8 Å². The van der Waals surface area contributed by atoms with Crippen LogP contribution in [0.1, 0.15) is 33.1 Å². The standard InChI is InChI=1S/C12H24N2O.ClH/c1-10(2)8-11-5-7-14(9-11)12(15)4-6-13-3;/h10-11,13H,4-9H2,1-3H3;1H. The van der Waals surface area contributed by atoms with Crippen molar-refractivity contribution in [3.05, 3.63) is 0 Å². The van der Waals surface area contributed by atoms with Gasteiger partial charge in [0, 0.05) is 26.1 Å². The minimum Gasteiger partial charge on any atom is -0.342 e. The van der Waals surface area contributed by atoms with Crippen LogP contribution in [0, 0.1) is 11.8 Å². The molecule has 0 radical (unpaired) electrons. The maximum absolute atomic E-state index is 11.7. The molecule has 16 heavy (non-hydrogen) atoms. The number of amides is 1. The van der Waals surface area contributed by atoms with Crippen LogP contribution in [0.5, 0.6) is 0 Å². The van der Waals surface area contributed by atoms with Gasteiger partial charge in [-0.1, -0.05) is 13.8 Å². The van der Waals surface area contributed by atoms with Gasteiger partial charge in [-0.15, -0.1) is 12.4 Å². The lowest BCUT2D eigenvalue weighted by Gasteiger charge is -2.17. The Morgan fingerprint density at radius 2 is 2.19 bits per heavy atom. The summed E-state index contributed by atoms with van der Waals surface area (Å²) < 4.78 is 0. The van der Waals surface area contributed by atoms with Gasteiger partial charge < -0.3 is 10.2 Å². The van der Waals surface area contributed by atoms with Gasteiger partial charge in [-0.2, -0.15) is 0 Å². The fourth-order valence-electron chi connectivity index (χ4n) is 2.31. The molecular formula is C12H25ClN2O. The summed E-state index contributed by atoms with van der Waals surface area (Å²) in [5.41, 5.74) is 0. The summed E-state index contributed by atoms with van der Waals surface area (Å²) >= 11 is 0. The van der Waals surface area contributed by atoms with Crippen LogP contribution in [0.2, 0.25) is 0 Å². The summed E-state index contributed by atoms with van der Waals surface area (Å²) in [6.07, 6.45) is 3.10. The molecule has 1 amide bonds. The van der Waals surface area contributed by atoms with E-state index in [4.69, 9.17) is 0 Å². The average Bonchev–Trinajstić information content (AvgIpc) is 2.61. The SMILES string of the molecule is CNCCC(=O)N1CCC(CC(C)C)C1.Cl. The molecule has 0 saturated carbocycles. The Morgan fingerprint density at radius 1 is 1.50 bits per heavy atom. The van der Waals surface area contributed by atoms with Crippen molar-refractivity contribution in [1.29, 1.82) is 0 Å². The molecule has 1 aliphatic rings. The fourth-order valence-corrected chi connectivity index (χ4v) is 2.31. The first kappa shape index (κ1) is 15.7. The van der Waals surface area contributed by atoms with Gasteiger partial charge in [0.15, 0.2) is 0 Å². The number of hydrogen-bond donors (Lipinski definition) is 1. The van der Waals surface area contributed by atoms with Gasteiger partial charge in [0.2, 0.25) is 5.91 Å². The number of likely N-dealkylation sites (tertiary alicyclic amines) is 1. The van der Waals surface area contributed by atoms with Gasteiger partial charge in [-0.05, 0) is 31.7 Å². The van der Waals surface area contributed by atoms with Gasteiger partial charge in [0.25, 0.3) is 0 Å². The first-order valence-electron chi connectivity index (χ1n) is 6.05. The number of rotatable bonds is 5. The molecule has 0 aromatic heterocycles. The second-order valence-electron chi connectivity index (χ2n) is 4.98. The van der Waals surface area contributed by atoms with Crippen LogP contribution in [0.15, 0.2) is 0 Å². The average molecular weight is 249 g/mol. The van der Waals surface area contributed by atoms with E-state index < -0.39 is 0 Å². The van der Waals surface area contributed by atoms with Crippen LogP contribution in [-0.4, -0.2) is 37.5 Å². The summed E-state index contributed by atoms with van der Waals surface area (Å²) in [5, 5.41) is 3.02. The van der Waals surface area contributed by atoms with Crippen molar-refractivity contribution < 1.29 is 4.79 Å². The molecule has 1 aliphatic heterocycles. The predicted molar refractivity (Wildman–Crippen MR) is 69.9 cm³/mol. The molecule has 0 bridgehead atoms. The van der Waals surface area contributed by atoms with Gasteiger partial charge in [-0.25, -0.2) is 0 Å². The highest BCUT2D eigenvalue weighted by Gasteiger charge is 2.25. The Morgan fingerprint density at radius 3 is 2.75 bits per heavy atom. The number of hydrogen-bond acceptors (Lipinski definition) is 2. The van der Waals surface area contributed by atoms with Crippen molar-refractivity contribution in [2.24, 2.45) is 11.8 Å². The topological polar surface area (TPSA) is 32.3 Å². The van der Waals surface area contributed by atoms with E-state index in [0.29, 0.717) is 12.3 Å². The van der Waals surface area contributed by atoms with Crippen LogP contribution in [-0.2, 0) is 4.79 Å². The van der Waals surface area contributed by atoms with E-state index in [1.54, 1.807) is 0 Å². The van der Waals surface area contributed by atoms with Crippen molar-refractivity contribution in [1.82, 2.24) is 10.2 Å². The summed E-state index contributed by atoms with van der Waals surface area (Å²) in [4.78, 5) is 13.8. The Labute approximate surface area is 105 Å². The molecule has 1 rings (SSSR count). The van der Waals surface area contributed by atoms with Crippen molar-refractivity contribution >= 4 is 18.3 Å². The molecule has 1 fully saturated rings. The van der Waals surface area contributed by atoms with Crippen LogP contribution >= 0.6 is 12.4 Å². The molecular weight excluding hydrogens is 224 g/mol. The summed E-state index contributed by atoms with van der Waals surface area (Å²) in [6.45, 7) is 7.27. The van der Waals surface area contributed by atoms with E-state index in [9.17, 15) is 4.79 Å². The highest BCUT2D eigenvalue weighted by atomic mass is 35.5. The quantitative estimate of drug-likeness (QED) is 0.806. The van der Waals surface area contributed by atoms with E-state index in [1.807, 2.05) is 11.9 Å². The minimum absolute atomic E-state index is 0. The highest BCUT2D eigenvalue weighted by molar-refractivity contribution is 5.85. The zero-order valence-corrected chi connectivity index (χ0v) is 11.5. The lowest BCUT2D eigenvalue weighted by atomic mass is 9.97. The lowest BCUT2D eigenvalue weighted by molar-refractivity contribution is -0.130. The molecule has 0 aromatic carbocycles. The van der Waals surface area contributed by atoms with Crippen molar-refractivity contribution in [2.75, 3.05) is 26.7 Å². The Kier molecular flexibility index (Phi) is 7.77. The third-order valence-corrected chi connectivity index (χ3v) is 3.03. The number of nitrogens with zero attached hydrogens (tertiary/aromatic N) is 1. The zero-order chi connectivity index (χ0) is 11.3. The third kappa shape index (κ3) is 5.17. The molecule has 1 saturated heterocycles. The van der Waals surface area contributed by atoms with Crippen molar-refractivity contribution in [3.8, 4) is 0 Å². The predicted octanol–water partition coefficient (Wildman–Crippen LogP) is 1.91. The Hall–Kier alpha value is -0.280. The maximum Gasteiger partial charge on any atom is 0.223 e. The summed E-state index contributed by atoms with van der Waals surface area (Å²) in [7, 11) is 1.89. The number of carbonyl (C=O) groups excluding carboxylic acids is 1. The van der Waals surface area contributed by atoms with Crippen LogP contribution in [0.4, 0.5) is 0 Å².